The molecule has 1 unspecified atom stereocenters. The summed E-state index contributed by atoms with van der Waals surface area (Å²) < 4.78 is 1.11. The van der Waals surface area contributed by atoms with E-state index in [9.17, 15) is 0 Å². The van der Waals surface area contributed by atoms with Crippen LogP contribution in [0, 0.1) is 0 Å². The first kappa shape index (κ1) is 13.2. The van der Waals surface area contributed by atoms with Gasteiger partial charge in [0.25, 0.3) is 0 Å². The minimum absolute atomic E-state index is 0.0341. The van der Waals surface area contributed by atoms with Crippen LogP contribution in [-0.4, -0.2) is 17.4 Å². The molecular weight excluding hydrogens is 324 g/mol. The summed E-state index contributed by atoms with van der Waals surface area (Å²) in [7, 11) is 0. The molecule has 2 nitrogen and oxygen atoms in total. The molecule has 106 valence electrons. The summed E-state index contributed by atoms with van der Waals surface area (Å²) in [6.07, 6.45) is 0. The van der Waals surface area contributed by atoms with Gasteiger partial charge in [0.1, 0.15) is 5.71 Å². The monoisotopic (exact) mass is 341 g/mol. The third-order valence-electron chi connectivity index (χ3n) is 4.59. The molecule has 2 aromatic carbocycles. The maximum atomic E-state index is 4.99. The molecule has 0 amide bonds. The van der Waals surface area contributed by atoms with Gasteiger partial charge in [0.15, 0.2) is 17.7 Å². The summed E-state index contributed by atoms with van der Waals surface area (Å²) in [5.74, 6) is 0. The third-order valence-corrected chi connectivity index (χ3v) is 5.12. The highest BCUT2D eigenvalue weighted by Gasteiger charge is 2.68. The van der Waals surface area contributed by atoms with Crippen LogP contribution in [0.3, 0.4) is 0 Å². The van der Waals surface area contributed by atoms with Crippen LogP contribution in [0.2, 0.25) is 0 Å². The van der Waals surface area contributed by atoms with Gasteiger partial charge < -0.3 is 0 Å². The highest BCUT2D eigenvalue weighted by molar-refractivity contribution is 9.10. The predicted molar refractivity (Wildman–Crippen MR) is 88.7 cm³/mol. The molecule has 3 atom stereocenters. The van der Waals surface area contributed by atoms with Crippen LogP contribution in [0.5, 0.6) is 0 Å². The largest absolute Gasteiger partial charge is 0.288 e. The van der Waals surface area contributed by atoms with Gasteiger partial charge in [-0.3, -0.25) is 4.90 Å². The summed E-state index contributed by atoms with van der Waals surface area (Å²) in [5, 5.41) is 0. The average molecular weight is 342 g/mol. The van der Waals surface area contributed by atoms with Crippen molar-refractivity contribution >= 4 is 21.6 Å². The molecule has 0 aliphatic carbocycles. The number of benzene rings is 2. The zero-order chi connectivity index (χ0) is 14.6. The van der Waals surface area contributed by atoms with E-state index < -0.39 is 0 Å². The van der Waals surface area contributed by atoms with Gasteiger partial charge in [0.05, 0.1) is 0 Å². The van der Waals surface area contributed by atoms with Crippen molar-refractivity contribution in [2.24, 2.45) is 4.99 Å². The molecule has 0 bridgehead atoms. The Morgan fingerprint density at radius 3 is 2.29 bits per heavy atom. The minimum atomic E-state index is -0.0341. The number of hydrogen-bond acceptors (Lipinski definition) is 1. The van der Waals surface area contributed by atoms with Crippen molar-refractivity contribution < 1.29 is 4.90 Å². The van der Waals surface area contributed by atoms with Crippen LogP contribution < -0.4 is 4.90 Å². The Labute approximate surface area is 133 Å². The third kappa shape index (κ3) is 2.07. The van der Waals surface area contributed by atoms with E-state index in [1.807, 2.05) is 0 Å². The molecule has 2 aliphatic rings. The van der Waals surface area contributed by atoms with Gasteiger partial charge in [-0.25, -0.2) is 4.99 Å². The fraction of sp³-hybridized carbons (Fsp3) is 0.278. The molecule has 0 aromatic heterocycles. The van der Waals surface area contributed by atoms with Crippen molar-refractivity contribution in [3.63, 3.8) is 0 Å². The van der Waals surface area contributed by atoms with Crippen molar-refractivity contribution in [2.75, 3.05) is 0 Å². The van der Waals surface area contributed by atoms with E-state index in [1.165, 1.54) is 16.8 Å². The van der Waals surface area contributed by atoms with E-state index in [-0.39, 0.29) is 5.66 Å². The van der Waals surface area contributed by atoms with Gasteiger partial charge in [0, 0.05) is 29.4 Å². The second-order valence-electron chi connectivity index (χ2n) is 6.38. The Kier molecular flexibility index (Phi) is 2.85. The van der Waals surface area contributed by atoms with Gasteiger partial charge in [-0.1, -0.05) is 58.4 Å². The fourth-order valence-electron chi connectivity index (χ4n) is 3.66. The van der Waals surface area contributed by atoms with Crippen molar-refractivity contribution in [2.45, 2.75) is 31.6 Å². The summed E-state index contributed by atoms with van der Waals surface area (Å²) in [5.41, 5.74) is 3.91. The molecule has 2 heterocycles. The highest BCUT2D eigenvalue weighted by Crippen LogP contribution is 2.35. The first-order valence-corrected chi connectivity index (χ1v) is 8.15. The van der Waals surface area contributed by atoms with Crippen molar-refractivity contribution in [3.8, 4) is 0 Å². The van der Waals surface area contributed by atoms with Crippen LogP contribution in [0.4, 0.5) is 0 Å². The fourth-order valence-corrected chi connectivity index (χ4v) is 3.93. The van der Waals surface area contributed by atoms with Gasteiger partial charge in [-0.05, 0) is 12.1 Å². The first-order valence-electron chi connectivity index (χ1n) is 7.36. The summed E-state index contributed by atoms with van der Waals surface area (Å²) in [6, 6.07) is 20.4. The Morgan fingerprint density at radius 1 is 0.952 bits per heavy atom. The molecular formula is C18H18BrN2+. The zero-order valence-electron chi connectivity index (χ0n) is 12.2. The predicted octanol–water partition coefficient (Wildman–Crippen LogP) is 3.00. The van der Waals surface area contributed by atoms with Crippen molar-refractivity contribution in [1.29, 1.82) is 0 Å². The van der Waals surface area contributed by atoms with E-state index in [4.69, 9.17) is 4.99 Å². The number of aliphatic imine (C=N–C) groups is 1. The van der Waals surface area contributed by atoms with E-state index >= 15 is 0 Å². The van der Waals surface area contributed by atoms with Gasteiger partial charge in [0.2, 0.25) is 0 Å². The Balaban J connectivity index is 1.72. The molecule has 4 rings (SSSR count). The molecule has 21 heavy (non-hydrogen) atoms. The van der Waals surface area contributed by atoms with Gasteiger partial charge in [-0.2, -0.15) is 0 Å². The van der Waals surface area contributed by atoms with E-state index in [0.29, 0.717) is 12.1 Å². The second kappa shape index (κ2) is 4.52. The highest BCUT2D eigenvalue weighted by atomic mass is 79.9. The molecule has 0 spiro atoms. The van der Waals surface area contributed by atoms with E-state index in [0.717, 1.165) is 4.47 Å². The van der Waals surface area contributed by atoms with Gasteiger partial charge >= 0.3 is 0 Å². The molecule has 1 fully saturated rings. The smallest absolute Gasteiger partial charge is 0.190 e. The average Bonchev–Trinajstić information content (AvgIpc) is 3.17. The second-order valence-corrected chi connectivity index (χ2v) is 7.30. The van der Waals surface area contributed by atoms with Crippen molar-refractivity contribution in [3.05, 3.63) is 70.2 Å². The number of rotatable bonds is 2. The lowest BCUT2D eigenvalue weighted by Gasteiger charge is -2.16. The lowest BCUT2D eigenvalue weighted by Crippen LogP contribution is -3.02. The molecule has 1 N–H and O–H groups in total. The number of nitrogens with zero attached hydrogens (tertiary/aromatic N) is 1. The molecule has 1 saturated heterocycles. The molecule has 0 radical (unpaired) electrons. The van der Waals surface area contributed by atoms with Crippen LogP contribution in [0.25, 0.3) is 0 Å². The Morgan fingerprint density at radius 2 is 1.62 bits per heavy atom. The number of hydrogen-bond donors (Lipinski definition) is 1. The van der Waals surface area contributed by atoms with Crippen LogP contribution >= 0.6 is 15.9 Å². The molecule has 2 aromatic rings. The zero-order valence-corrected chi connectivity index (χ0v) is 13.8. The first-order chi connectivity index (χ1) is 10.1. The standard InChI is InChI=1S/C18H17BrN2/c1-18(2)20-15(12-8-10-14(19)11-9-12)17-16(21(17)18)13-6-4-3-5-7-13/h3-11,16-17H,1-2H3/p+1/t16-,17-,21?/m1/s1. The minimum Gasteiger partial charge on any atom is -0.288 e. The SMILES string of the molecule is CC1(C)N=C(c2ccc(Br)cc2)[C@@H]2[C@@H](c3ccccc3)[NH+]21. The summed E-state index contributed by atoms with van der Waals surface area (Å²) in [6.45, 7) is 4.48. The maximum absolute atomic E-state index is 4.99. The number of fused-ring (bicyclic) bond motifs is 1. The Bertz CT molecular complexity index is 704. The summed E-state index contributed by atoms with van der Waals surface area (Å²) in [4.78, 5) is 6.57. The topological polar surface area (TPSA) is 16.8 Å². The number of nitrogens with one attached hydrogen (secondary N) is 1. The number of halogens is 1. The maximum Gasteiger partial charge on any atom is 0.190 e. The lowest BCUT2D eigenvalue weighted by atomic mass is 10.0. The van der Waals surface area contributed by atoms with Crippen LogP contribution in [0.15, 0.2) is 64.1 Å². The van der Waals surface area contributed by atoms with Crippen LogP contribution in [-0.2, 0) is 0 Å². The number of quaternary nitrogens is 1. The lowest BCUT2D eigenvalue weighted by molar-refractivity contribution is -0.837. The normalized spacial score (nSPS) is 28.9. The summed E-state index contributed by atoms with van der Waals surface area (Å²) >= 11 is 3.51. The van der Waals surface area contributed by atoms with Gasteiger partial charge in [-0.15, -0.1) is 0 Å². The Hall–Kier alpha value is -1.45. The van der Waals surface area contributed by atoms with E-state index in [2.05, 4.69) is 84.4 Å². The molecule has 2 aliphatic heterocycles. The van der Waals surface area contributed by atoms with E-state index in [1.54, 1.807) is 4.90 Å². The van der Waals surface area contributed by atoms with Crippen molar-refractivity contribution in [1.82, 2.24) is 0 Å². The molecule has 0 saturated carbocycles. The quantitative estimate of drug-likeness (QED) is 0.809. The molecule has 3 heteroatoms. The van der Waals surface area contributed by atoms with Crippen LogP contribution in [0.1, 0.15) is 31.0 Å².